The summed E-state index contributed by atoms with van der Waals surface area (Å²) in [6.07, 6.45) is 3.19. The number of nitrogens with two attached hydrogens (primary N) is 1. The molecule has 1 aromatic carbocycles. The Hall–Kier alpha value is -1.35. The van der Waals surface area contributed by atoms with Crippen molar-refractivity contribution >= 4 is 5.78 Å². The molecule has 0 amide bonds. The molecule has 0 bridgehead atoms. The first-order chi connectivity index (χ1) is 8.58. The van der Waals surface area contributed by atoms with E-state index in [4.69, 9.17) is 10.5 Å². The number of aryl methyl sites for hydroxylation is 1. The minimum Gasteiger partial charge on any atom is -0.496 e. The van der Waals surface area contributed by atoms with Crippen LogP contribution < -0.4 is 10.5 Å². The molecule has 3 nitrogen and oxygen atoms in total. The Bertz CT molecular complexity index is 401. The van der Waals surface area contributed by atoms with Crippen LogP contribution in [-0.2, 0) is 11.2 Å². The lowest BCUT2D eigenvalue weighted by Gasteiger charge is -2.12. The van der Waals surface area contributed by atoms with Crippen molar-refractivity contribution in [2.24, 2.45) is 5.73 Å². The van der Waals surface area contributed by atoms with Gasteiger partial charge in [0.25, 0.3) is 0 Å². The number of carbonyl (C=O) groups is 1. The van der Waals surface area contributed by atoms with Crippen molar-refractivity contribution in [2.45, 2.75) is 45.6 Å². The van der Waals surface area contributed by atoms with Gasteiger partial charge >= 0.3 is 0 Å². The normalized spacial score (nSPS) is 12.2. The number of ether oxygens (including phenoxy) is 1. The van der Waals surface area contributed by atoms with Gasteiger partial charge in [-0.3, -0.25) is 4.79 Å². The lowest BCUT2D eigenvalue weighted by Crippen LogP contribution is -2.31. The van der Waals surface area contributed by atoms with E-state index in [1.54, 1.807) is 7.11 Å². The zero-order valence-corrected chi connectivity index (χ0v) is 11.5. The van der Waals surface area contributed by atoms with Gasteiger partial charge in [-0.25, -0.2) is 0 Å². The largest absolute Gasteiger partial charge is 0.496 e. The molecule has 1 rings (SSSR count). The molecule has 3 heteroatoms. The zero-order valence-electron chi connectivity index (χ0n) is 11.5. The van der Waals surface area contributed by atoms with Crippen molar-refractivity contribution < 1.29 is 9.53 Å². The van der Waals surface area contributed by atoms with Crippen molar-refractivity contribution in [1.29, 1.82) is 0 Å². The standard InChI is InChI=1S/C15H23NO2/c1-4-5-6-13(16)14(17)10-12-9-11(2)7-8-15(12)18-3/h7-9,13H,4-6,10,16H2,1-3H3. The third-order valence-corrected chi connectivity index (χ3v) is 3.08. The van der Waals surface area contributed by atoms with Gasteiger partial charge in [0.2, 0.25) is 0 Å². The van der Waals surface area contributed by atoms with E-state index in [0.717, 1.165) is 36.1 Å². The number of hydrogen-bond donors (Lipinski definition) is 1. The first-order valence-electron chi connectivity index (χ1n) is 6.50. The Kier molecular flexibility index (Phi) is 5.86. The quantitative estimate of drug-likeness (QED) is 0.808. The van der Waals surface area contributed by atoms with Crippen molar-refractivity contribution in [2.75, 3.05) is 7.11 Å². The van der Waals surface area contributed by atoms with Crippen LogP contribution in [-0.4, -0.2) is 18.9 Å². The summed E-state index contributed by atoms with van der Waals surface area (Å²) in [5.74, 6) is 0.851. The summed E-state index contributed by atoms with van der Waals surface area (Å²) in [6.45, 7) is 4.10. The van der Waals surface area contributed by atoms with Gasteiger partial charge in [-0.05, 0) is 19.4 Å². The van der Waals surface area contributed by atoms with Gasteiger partial charge in [-0.1, -0.05) is 37.5 Å². The molecule has 18 heavy (non-hydrogen) atoms. The second-order valence-electron chi connectivity index (χ2n) is 4.71. The molecule has 1 atom stereocenters. The first kappa shape index (κ1) is 14.7. The fraction of sp³-hybridized carbons (Fsp3) is 0.533. The molecule has 0 spiro atoms. The van der Waals surface area contributed by atoms with Crippen LogP contribution in [0.15, 0.2) is 18.2 Å². The highest BCUT2D eigenvalue weighted by atomic mass is 16.5. The Morgan fingerprint density at radius 1 is 1.44 bits per heavy atom. The summed E-state index contributed by atoms with van der Waals surface area (Å²) in [6, 6.07) is 5.51. The van der Waals surface area contributed by atoms with Crippen LogP contribution in [0.2, 0.25) is 0 Å². The van der Waals surface area contributed by atoms with E-state index < -0.39 is 0 Å². The van der Waals surface area contributed by atoms with Crippen LogP contribution in [0.1, 0.15) is 37.3 Å². The van der Waals surface area contributed by atoms with E-state index in [0.29, 0.717) is 6.42 Å². The lowest BCUT2D eigenvalue weighted by molar-refractivity contribution is -0.119. The number of carbonyl (C=O) groups excluding carboxylic acids is 1. The molecule has 1 aromatic rings. The van der Waals surface area contributed by atoms with E-state index in [2.05, 4.69) is 6.92 Å². The van der Waals surface area contributed by atoms with Crippen molar-refractivity contribution in [1.82, 2.24) is 0 Å². The van der Waals surface area contributed by atoms with Crippen molar-refractivity contribution in [3.8, 4) is 5.75 Å². The number of ketones is 1. The monoisotopic (exact) mass is 249 g/mol. The third-order valence-electron chi connectivity index (χ3n) is 3.08. The first-order valence-corrected chi connectivity index (χ1v) is 6.50. The number of methoxy groups -OCH3 is 1. The van der Waals surface area contributed by atoms with Crippen LogP contribution in [0.5, 0.6) is 5.75 Å². The number of benzene rings is 1. The van der Waals surface area contributed by atoms with E-state index >= 15 is 0 Å². The van der Waals surface area contributed by atoms with Gasteiger partial charge in [0, 0.05) is 12.0 Å². The minimum atomic E-state index is -0.352. The molecule has 1 unspecified atom stereocenters. The molecule has 0 radical (unpaired) electrons. The third kappa shape index (κ3) is 4.15. The van der Waals surface area contributed by atoms with Crippen LogP contribution in [0.25, 0.3) is 0 Å². The molecule has 0 heterocycles. The Balaban J connectivity index is 2.71. The van der Waals surface area contributed by atoms with Gasteiger partial charge in [-0.2, -0.15) is 0 Å². The molecular formula is C15H23NO2. The Labute approximate surface area is 109 Å². The summed E-state index contributed by atoms with van der Waals surface area (Å²) in [4.78, 5) is 12.0. The maximum atomic E-state index is 12.0. The number of rotatable bonds is 7. The average molecular weight is 249 g/mol. The highest BCUT2D eigenvalue weighted by Gasteiger charge is 2.15. The summed E-state index contributed by atoms with van der Waals surface area (Å²) in [5.41, 5.74) is 7.94. The Morgan fingerprint density at radius 3 is 2.78 bits per heavy atom. The number of hydrogen-bond acceptors (Lipinski definition) is 3. The SMILES string of the molecule is CCCCC(N)C(=O)Cc1cc(C)ccc1OC. The summed E-state index contributed by atoms with van der Waals surface area (Å²) < 4.78 is 5.27. The van der Waals surface area contributed by atoms with Crippen LogP contribution in [0, 0.1) is 6.92 Å². The maximum absolute atomic E-state index is 12.0. The molecule has 0 aliphatic heterocycles. The van der Waals surface area contributed by atoms with Crippen molar-refractivity contribution in [3.63, 3.8) is 0 Å². The summed E-state index contributed by atoms with van der Waals surface area (Å²) in [5, 5.41) is 0. The van der Waals surface area contributed by atoms with Crippen molar-refractivity contribution in [3.05, 3.63) is 29.3 Å². The molecule has 2 N–H and O–H groups in total. The predicted molar refractivity (Wildman–Crippen MR) is 73.9 cm³/mol. The van der Waals surface area contributed by atoms with Gasteiger partial charge in [0.05, 0.1) is 13.2 Å². The zero-order chi connectivity index (χ0) is 13.5. The fourth-order valence-electron chi connectivity index (χ4n) is 1.95. The molecule has 0 aromatic heterocycles. The number of Topliss-reactive ketones (excluding diaryl/α,β-unsaturated/α-hetero) is 1. The van der Waals surface area contributed by atoms with Crippen LogP contribution in [0.4, 0.5) is 0 Å². The molecule has 0 saturated heterocycles. The molecule has 0 saturated carbocycles. The van der Waals surface area contributed by atoms with Gasteiger partial charge in [0.15, 0.2) is 5.78 Å². The minimum absolute atomic E-state index is 0.0901. The van der Waals surface area contributed by atoms with Gasteiger partial charge in [-0.15, -0.1) is 0 Å². The lowest BCUT2D eigenvalue weighted by atomic mass is 9.98. The van der Waals surface area contributed by atoms with Gasteiger partial charge < -0.3 is 10.5 Å². The fourth-order valence-corrected chi connectivity index (χ4v) is 1.95. The van der Waals surface area contributed by atoms with Crippen LogP contribution in [0.3, 0.4) is 0 Å². The number of unbranched alkanes of at least 4 members (excludes halogenated alkanes) is 1. The second kappa shape index (κ2) is 7.17. The maximum Gasteiger partial charge on any atom is 0.154 e. The van der Waals surface area contributed by atoms with E-state index in [1.165, 1.54) is 0 Å². The van der Waals surface area contributed by atoms with E-state index in [1.807, 2.05) is 25.1 Å². The molecular weight excluding hydrogens is 226 g/mol. The smallest absolute Gasteiger partial charge is 0.154 e. The highest BCUT2D eigenvalue weighted by Crippen LogP contribution is 2.21. The van der Waals surface area contributed by atoms with Crippen LogP contribution >= 0.6 is 0 Å². The topological polar surface area (TPSA) is 52.3 Å². The highest BCUT2D eigenvalue weighted by molar-refractivity contribution is 5.86. The molecule has 100 valence electrons. The average Bonchev–Trinajstić information content (AvgIpc) is 2.36. The Morgan fingerprint density at radius 2 is 2.17 bits per heavy atom. The molecule has 0 aliphatic carbocycles. The molecule has 0 aliphatic rings. The van der Waals surface area contributed by atoms with E-state index in [-0.39, 0.29) is 11.8 Å². The second-order valence-corrected chi connectivity index (χ2v) is 4.71. The summed E-state index contributed by atoms with van der Waals surface area (Å²) >= 11 is 0. The summed E-state index contributed by atoms with van der Waals surface area (Å²) in [7, 11) is 1.62. The van der Waals surface area contributed by atoms with E-state index in [9.17, 15) is 4.79 Å². The predicted octanol–water partition coefficient (Wildman–Crippen LogP) is 2.63. The molecule has 0 fully saturated rings. The van der Waals surface area contributed by atoms with Gasteiger partial charge in [0.1, 0.15) is 5.75 Å².